The molecule has 7 nitrogen and oxygen atoms in total. The van der Waals surface area contributed by atoms with Gasteiger partial charge >= 0.3 is 0 Å². The topological polar surface area (TPSA) is 79.5 Å². The lowest BCUT2D eigenvalue weighted by molar-refractivity contribution is -0.122. The number of nitrogens with one attached hydrogen (secondary N) is 2. The Labute approximate surface area is 180 Å². The Morgan fingerprint density at radius 2 is 2.13 bits per heavy atom. The van der Waals surface area contributed by atoms with Gasteiger partial charge in [-0.25, -0.2) is 4.39 Å². The molecule has 0 spiro atoms. The number of aromatic amines is 1. The summed E-state index contributed by atoms with van der Waals surface area (Å²) >= 11 is 0. The predicted octanol–water partition coefficient (Wildman–Crippen LogP) is 3.12. The molecule has 0 bridgehead atoms. The molecule has 2 heterocycles. The fourth-order valence-electron chi connectivity index (χ4n) is 3.71. The van der Waals surface area contributed by atoms with Crippen LogP contribution in [-0.2, 0) is 17.9 Å². The van der Waals surface area contributed by atoms with E-state index in [2.05, 4.69) is 20.4 Å². The molecule has 0 saturated heterocycles. The van der Waals surface area contributed by atoms with Crippen LogP contribution in [-0.4, -0.2) is 47.3 Å². The first-order valence-electron chi connectivity index (χ1n) is 10.1. The molecule has 3 aromatic rings. The zero-order valence-electron chi connectivity index (χ0n) is 17.5. The van der Waals surface area contributed by atoms with Crippen molar-refractivity contribution in [3.05, 3.63) is 65.6 Å². The van der Waals surface area contributed by atoms with E-state index < -0.39 is 0 Å². The number of carbonyl (C=O) groups excluding carboxylic acids is 1. The Morgan fingerprint density at radius 3 is 2.90 bits per heavy atom. The van der Waals surface area contributed by atoms with Crippen molar-refractivity contribution in [3.8, 4) is 22.8 Å². The number of benzene rings is 2. The number of H-pyrrole nitrogens is 1. The minimum absolute atomic E-state index is 0.0555. The van der Waals surface area contributed by atoms with E-state index in [-0.39, 0.29) is 24.4 Å². The second-order valence-electron chi connectivity index (χ2n) is 7.63. The lowest BCUT2D eigenvalue weighted by Gasteiger charge is -2.21. The van der Waals surface area contributed by atoms with Gasteiger partial charge in [-0.15, -0.1) is 0 Å². The van der Waals surface area contributed by atoms with Crippen LogP contribution in [0.25, 0.3) is 11.3 Å². The SMILES string of the molecule is COc1ccc2c(c1)OC(C)CN(CC(=O)NCc1cn[nH]c1-c1ccc(F)cc1)C2. The van der Waals surface area contributed by atoms with Crippen LogP contribution in [0, 0.1) is 5.82 Å². The molecule has 1 atom stereocenters. The van der Waals surface area contributed by atoms with Crippen LogP contribution >= 0.6 is 0 Å². The molecule has 0 fully saturated rings. The Balaban J connectivity index is 1.38. The van der Waals surface area contributed by atoms with Gasteiger partial charge in [0.05, 0.1) is 25.5 Å². The Kier molecular flexibility index (Phi) is 6.18. The van der Waals surface area contributed by atoms with Gasteiger partial charge in [0.15, 0.2) is 0 Å². The van der Waals surface area contributed by atoms with Gasteiger partial charge in [-0.2, -0.15) is 5.10 Å². The lowest BCUT2D eigenvalue weighted by Crippen LogP contribution is -2.39. The largest absolute Gasteiger partial charge is 0.497 e. The first-order chi connectivity index (χ1) is 15.0. The number of aromatic nitrogens is 2. The molecule has 1 amide bonds. The summed E-state index contributed by atoms with van der Waals surface area (Å²) < 4.78 is 24.5. The maximum atomic E-state index is 13.2. The number of methoxy groups -OCH3 is 1. The molecule has 1 aromatic heterocycles. The summed E-state index contributed by atoms with van der Waals surface area (Å²) in [6.45, 7) is 3.82. The van der Waals surface area contributed by atoms with Crippen LogP contribution in [0.15, 0.2) is 48.7 Å². The van der Waals surface area contributed by atoms with Crippen molar-refractivity contribution in [2.75, 3.05) is 20.2 Å². The minimum Gasteiger partial charge on any atom is -0.497 e. The van der Waals surface area contributed by atoms with E-state index in [9.17, 15) is 9.18 Å². The molecule has 0 saturated carbocycles. The van der Waals surface area contributed by atoms with Crippen LogP contribution in [0.5, 0.6) is 11.5 Å². The molecule has 1 unspecified atom stereocenters. The summed E-state index contributed by atoms with van der Waals surface area (Å²) in [5.41, 5.74) is 3.44. The molecule has 162 valence electrons. The molecule has 1 aliphatic rings. The van der Waals surface area contributed by atoms with Gasteiger partial charge in [0.1, 0.15) is 23.4 Å². The van der Waals surface area contributed by atoms with Crippen molar-refractivity contribution in [1.82, 2.24) is 20.4 Å². The summed E-state index contributed by atoms with van der Waals surface area (Å²) in [7, 11) is 1.63. The smallest absolute Gasteiger partial charge is 0.234 e. The van der Waals surface area contributed by atoms with Crippen molar-refractivity contribution >= 4 is 5.91 Å². The second-order valence-corrected chi connectivity index (χ2v) is 7.63. The molecule has 2 N–H and O–H groups in total. The molecule has 4 rings (SSSR count). The van der Waals surface area contributed by atoms with Crippen LogP contribution in [0.1, 0.15) is 18.1 Å². The average molecular weight is 424 g/mol. The highest BCUT2D eigenvalue weighted by atomic mass is 19.1. The Bertz CT molecular complexity index is 1050. The van der Waals surface area contributed by atoms with Crippen LogP contribution < -0.4 is 14.8 Å². The van der Waals surface area contributed by atoms with E-state index in [1.54, 1.807) is 25.4 Å². The minimum atomic E-state index is -0.297. The maximum Gasteiger partial charge on any atom is 0.234 e. The van der Waals surface area contributed by atoms with Crippen molar-refractivity contribution in [1.29, 1.82) is 0 Å². The fourth-order valence-corrected chi connectivity index (χ4v) is 3.71. The van der Waals surface area contributed by atoms with Gasteiger partial charge in [0, 0.05) is 42.4 Å². The number of amides is 1. The molecular weight excluding hydrogens is 399 g/mol. The highest BCUT2D eigenvalue weighted by Gasteiger charge is 2.22. The standard InChI is InChI=1S/C23H25FN4O3/c1-15-12-28(13-17-5-8-20(30-2)9-21(17)31-15)14-22(29)25-10-18-11-26-27-23(18)16-3-6-19(24)7-4-16/h3-9,11,15H,10,12-14H2,1-2H3,(H,25,29)(H,26,27). The van der Waals surface area contributed by atoms with Gasteiger partial charge < -0.3 is 14.8 Å². The number of ether oxygens (including phenoxy) is 2. The number of carbonyl (C=O) groups is 1. The highest BCUT2D eigenvalue weighted by Crippen LogP contribution is 2.29. The Morgan fingerprint density at radius 1 is 1.32 bits per heavy atom. The molecule has 0 radical (unpaired) electrons. The van der Waals surface area contributed by atoms with E-state index in [0.717, 1.165) is 33.9 Å². The van der Waals surface area contributed by atoms with Crippen LogP contribution in [0.4, 0.5) is 4.39 Å². The average Bonchev–Trinajstić information content (AvgIpc) is 3.16. The van der Waals surface area contributed by atoms with Crippen LogP contribution in [0.3, 0.4) is 0 Å². The first-order valence-corrected chi connectivity index (χ1v) is 10.1. The Hall–Kier alpha value is -3.39. The van der Waals surface area contributed by atoms with E-state index in [0.29, 0.717) is 19.6 Å². The number of halogens is 1. The quantitative estimate of drug-likeness (QED) is 0.636. The van der Waals surface area contributed by atoms with E-state index >= 15 is 0 Å². The van der Waals surface area contributed by atoms with Gasteiger partial charge in [-0.05, 0) is 37.3 Å². The summed E-state index contributed by atoms with van der Waals surface area (Å²) in [5, 5.41) is 9.94. The fraction of sp³-hybridized carbons (Fsp3) is 0.304. The summed E-state index contributed by atoms with van der Waals surface area (Å²) in [4.78, 5) is 14.7. The molecule has 1 aliphatic heterocycles. The molecule has 8 heteroatoms. The van der Waals surface area contributed by atoms with Crippen molar-refractivity contribution in [3.63, 3.8) is 0 Å². The third-order valence-electron chi connectivity index (χ3n) is 5.21. The number of hydrogen-bond acceptors (Lipinski definition) is 5. The zero-order chi connectivity index (χ0) is 21.8. The van der Waals surface area contributed by atoms with Crippen molar-refractivity contribution in [2.45, 2.75) is 26.1 Å². The molecule has 31 heavy (non-hydrogen) atoms. The number of hydrogen-bond donors (Lipinski definition) is 2. The van der Waals surface area contributed by atoms with Crippen molar-refractivity contribution in [2.24, 2.45) is 0 Å². The zero-order valence-corrected chi connectivity index (χ0v) is 17.5. The molecule has 0 aliphatic carbocycles. The summed E-state index contributed by atoms with van der Waals surface area (Å²) in [5.74, 6) is 1.15. The molecular formula is C23H25FN4O3. The van der Waals surface area contributed by atoms with E-state index in [1.165, 1.54) is 12.1 Å². The predicted molar refractivity (Wildman–Crippen MR) is 114 cm³/mol. The summed E-state index contributed by atoms with van der Waals surface area (Å²) in [6.07, 6.45) is 1.62. The normalized spacial score (nSPS) is 16.2. The van der Waals surface area contributed by atoms with E-state index in [4.69, 9.17) is 9.47 Å². The third kappa shape index (κ3) is 5.03. The van der Waals surface area contributed by atoms with Crippen LogP contribution in [0.2, 0.25) is 0 Å². The number of rotatable bonds is 6. The van der Waals surface area contributed by atoms with E-state index in [1.807, 2.05) is 25.1 Å². The summed E-state index contributed by atoms with van der Waals surface area (Å²) in [6, 6.07) is 11.9. The van der Waals surface area contributed by atoms with Crippen molar-refractivity contribution < 1.29 is 18.7 Å². The second kappa shape index (κ2) is 9.18. The highest BCUT2D eigenvalue weighted by molar-refractivity contribution is 5.78. The monoisotopic (exact) mass is 424 g/mol. The lowest BCUT2D eigenvalue weighted by atomic mass is 10.1. The molecule has 2 aromatic carbocycles. The van der Waals surface area contributed by atoms with Gasteiger partial charge in [-0.1, -0.05) is 6.07 Å². The van der Waals surface area contributed by atoms with Gasteiger partial charge in [0.2, 0.25) is 5.91 Å². The van der Waals surface area contributed by atoms with Gasteiger partial charge in [0.25, 0.3) is 0 Å². The third-order valence-corrected chi connectivity index (χ3v) is 5.21. The number of nitrogens with zero attached hydrogens (tertiary/aromatic N) is 2. The number of fused-ring (bicyclic) bond motifs is 1. The first kappa shape index (κ1) is 20.9. The van der Waals surface area contributed by atoms with Gasteiger partial charge in [-0.3, -0.25) is 14.8 Å². The maximum absolute atomic E-state index is 13.2.